The molecular formula is C25H47IrNO3P2. The minimum absolute atomic E-state index is 0. The van der Waals surface area contributed by atoms with Gasteiger partial charge in [-0.1, -0.05) is 11.8 Å². The smallest absolute Gasteiger partial charge is 0.185 e. The molecule has 0 spiro atoms. The van der Waals surface area contributed by atoms with Crippen LogP contribution in [0.1, 0.15) is 83.1 Å². The first-order valence-electron chi connectivity index (χ1n) is 10.8. The zero-order chi connectivity index (χ0) is 25.0. The number of carbonyl (C=O) groups excluding carboxylic acids is 1. The topological polar surface area (TPSA) is 38.8 Å². The van der Waals surface area contributed by atoms with Gasteiger partial charge in [0, 0.05) is 34.2 Å². The fourth-order valence-electron chi connectivity index (χ4n) is 3.95. The van der Waals surface area contributed by atoms with Gasteiger partial charge >= 0.3 is 0 Å². The van der Waals surface area contributed by atoms with Crippen molar-refractivity contribution in [1.29, 1.82) is 0 Å². The molecule has 1 aromatic carbocycles. The van der Waals surface area contributed by atoms with Crippen LogP contribution in [0, 0.1) is 6.07 Å². The maximum Gasteiger partial charge on any atom is 0.185 e. The summed E-state index contributed by atoms with van der Waals surface area (Å²) in [5.41, 5.74) is 1.09. The van der Waals surface area contributed by atoms with Gasteiger partial charge < -0.3 is 18.7 Å². The number of hydrogen-bond acceptors (Lipinski definition) is 4. The Balaban J connectivity index is 0. The van der Waals surface area contributed by atoms with E-state index in [-0.39, 0.29) is 40.7 Å². The van der Waals surface area contributed by atoms with Crippen LogP contribution >= 0.6 is 16.3 Å². The van der Waals surface area contributed by atoms with E-state index in [1.54, 1.807) is 0 Å². The Kier molecular flexibility index (Phi) is 13.3. The van der Waals surface area contributed by atoms with Crippen molar-refractivity contribution in [2.45, 2.75) is 104 Å². The SMILES string of the molecule is CN(C)c1cc(O[PH+](C(C)(C)C)C(C)(C)C)[c-]c(O[PH+](C(C)(C)C)C(C)(C)C)c1.[CH-]=O.[Ir]. The fourth-order valence-corrected chi connectivity index (χ4v) is 10.3. The minimum atomic E-state index is -1.17. The first-order valence-corrected chi connectivity index (χ1v) is 13.6. The van der Waals surface area contributed by atoms with Gasteiger partial charge in [-0.05, 0) is 83.1 Å². The molecule has 0 bridgehead atoms. The second-order valence-electron chi connectivity index (χ2n) is 12.3. The monoisotopic (exact) mass is 664 g/mol. The Morgan fingerprint density at radius 2 is 0.938 bits per heavy atom. The van der Waals surface area contributed by atoms with Crippen LogP contribution in [-0.2, 0) is 24.9 Å². The molecule has 0 aliphatic heterocycles. The van der Waals surface area contributed by atoms with Crippen molar-refractivity contribution in [3.8, 4) is 11.5 Å². The number of rotatable bonds is 5. The van der Waals surface area contributed by atoms with E-state index >= 15 is 0 Å². The average molecular weight is 664 g/mol. The van der Waals surface area contributed by atoms with Crippen LogP contribution in [0.4, 0.5) is 5.69 Å². The zero-order valence-corrected chi connectivity index (χ0v) is 27.1. The summed E-state index contributed by atoms with van der Waals surface area (Å²) >= 11 is 0. The van der Waals surface area contributed by atoms with Gasteiger partial charge in [0.25, 0.3) is 0 Å². The zero-order valence-electron chi connectivity index (χ0n) is 22.7. The summed E-state index contributed by atoms with van der Waals surface area (Å²) in [5.74, 6) is 1.60. The van der Waals surface area contributed by atoms with Gasteiger partial charge in [0.15, 0.2) is 16.3 Å². The Hall–Kier alpha value is -0.201. The Morgan fingerprint density at radius 3 is 1.12 bits per heavy atom. The molecule has 7 heteroatoms. The third kappa shape index (κ3) is 10.8. The van der Waals surface area contributed by atoms with Gasteiger partial charge in [-0.2, -0.15) is 0 Å². The predicted molar refractivity (Wildman–Crippen MR) is 143 cm³/mol. The Bertz CT molecular complexity index is 619. The van der Waals surface area contributed by atoms with Crippen molar-refractivity contribution in [3.63, 3.8) is 0 Å². The molecule has 32 heavy (non-hydrogen) atoms. The van der Waals surface area contributed by atoms with Crippen LogP contribution in [0.3, 0.4) is 0 Å². The molecule has 0 N–H and O–H groups in total. The molecule has 0 saturated heterocycles. The normalized spacial score (nSPS) is 12.6. The van der Waals surface area contributed by atoms with Crippen LogP contribution < -0.4 is 13.9 Å². The number of hydrogen-bond donors (Lipinski definition) is 0. The molecule has 0 atom stereocenters. The van der Waals surface area contributed by atoms with Gasteiger partial charge in [0.05, 0.1) is 11.5 Å². The minimum Gasteiger partial charge on any atom is -0.545 e. The molecule has 1 rings (SSSR count). The predicted octanol–water partition coefficient (Wildman–Crippen LogP) is 7.49. The van der Waals surface area contributed by atoms with E-state index < -0.39 is 16.3 Å². The van der Waals surface area contributed by atoms with Crippen molar-refractivity contribution in [2.75, 3.05) is 19.0 Å². The molecule has 4 nitrogen and oxygen atoms in total. The summed E-state index contributed by atoms with van der Waals surface area (Å²) in [7, 11) is 1.78. The van der Waals surface area contributed by atoms with E-state index in [4.69, 9.17) is 13.8 Å². The van der Waals surface area contributed by atoms with E-state index in [9.17, 15) is 0 Å². The van der Waals surface area contributed by atoms with Gasteiger partial charge in [0.1, 0.15) is 20.6 Å². The second kappa shape index (κ2) is 12.5. The van der Waals surface area contributed by atoms with Crippen LogP contribution in [0.15, 0.2) is 12.1 Å². The standard InChI is InChI=1S/C24H44NO2P2.CHO.Ir/c1-21(2,3)28(22(4,5)6)26-19-15-18(25(13)14)16-20(17-19)27-29(23(7,8)9)24(10,11)12;1-2;/h15-16H,1-14H3;1H;/q2*-1;/p+2. The van der Waals surface area contributed by atoms with Crippen molar-refractivity contribution < 1.29 is 33.9 Å². The van der Waals surface area contributed by atoms with Crippen LogP contribution in [0.25, 0.3) is 0 Å². The molecule has 0 unspecified atom stereocenters. The molecule has 0 amide bonds. The van der Waals surface area contributed by atoms with Gasteiger partial charge in [-0.25, -0.2) is 0 Å². The second-order valence-corrected chi connectivity index (χ2v) is 20.0. The summed E-state index contributed by atoms with van der Waals surface area (Å²) in [6.45, 7) is 30.6. The maximum atomic E-state index is 7.75. The average Bonchev–Trinajstić information content (AvgIpc) is 2.55. The Labute approximate surface area is 214 Å². The van der Waals surface area contributed by atoms with Crippen molar-refractivity contribution in [2.24, 2.45) is 0 Å². The largest absolute Gasteiger partial charge is 0.545 e. The van der Waals surface area contributed by atoms with E-state index in [0.29, 0.717) is 0 Å². The fraction of sp³-hybridized carbons (Fsp3) is 0.720. The third-order valence-electron chi connectivity index (χ3n) is 4.47. The first-order chi connectivity index (χ1) is 13.7. The van der Waals surface area contributed by atoms with E-state index in [1.807, 2.05) is 0 Å². The molecule has 0 aliphatic rings. The van der Waals surface area contributed by atoms with Gasteiger partial charge in [-0.15, -0.1) is 12.1 Å². The molecule has 0 heterocycles. The molecule has 0 saturated carbocycles. The first kappa shape index (κ1) is 34.0. The van der Waals surface area contributed by atoms with Crippen LogP contribution in [0.2, 0.25) is 0 Å². The molecule has 1 aromatic rings. The molecule has 1 radical (unpaired) electrons. The van der Waals surface area contributed by atoms with E-state index in [2.05, 4.69) is 127 Å². The number of nitrogens with zero attached hydrogens (tertiary/aromatic N) is 1. The molecule has 0 aliphatic carbocycles. The van der Waals surface area contributed by atoms with E-state index in [0.717, 1.165) is 17.2 Å². The summed E-state index contributed by atoms with van der Waals surface area (Å²) in [6, 6.07) is 7.65. The summed E-state index contributed by atoms with van der Waals surface area (Å²) in [6.07, 6.45) is 0. The van der Waals surface area contributed by atoms with Crippen molar-refractivity contribution >= 4 is 28.8 Å². The summed E-state index contributed by atoms with van der Waals surface area (Å²) < 4.78 is 13.4. The van der Waals surface area contributed by atoms with Crippen molar-refractivity contribution in [1.82, 2.24) is 0 Å². The molecule has 0 fully saturated rings. The maximum absolute atomic E-state index is 7.75. The Morgan fingerprint density at radius 1 is 0.688 bits per heavy atom. The summed E-state index contributed by atoms with van der Waals surface area (Å²) in [5, 5.41) is 0.435. The molecule has 0 aromatic heterocycles. The summed E-state index contributed by atoms with van der Waals surface area (Å²) in [4.78, 5) is 9.86. The van der Waals surface area contributed by atoms with Crippen LogP contribution in [-0.4, -0.2) is 41.5 Å². The third-order valence-corrected chi connectivity index (χ3v) is 10.8. The number of benzene rings is 1. The van der Waals surface area contributed by atoms with Gasteiger partial charge in [0.2, 0.25) is 0 Å². The van der Waals surface area contributed by atoms with Crippen molar-refractivity contribution in [3.05, 3.63) is 18.2 Å². The van der Waals surface area contributed by atoms with Crippen LogP contribution in [0.5, 0.6) is 11.5 Å². The van der Waals surface area contributed by atoms with E-state index in [1.165, 1.54) is 0 Å². The molecular weight excluding hydrogens is 616 g/mol. The quantitative estimate of drug-likeness (QED) is 0.186. The molecule has 189 valence electrons. The number of anilines is 1. The van der Waals surface area contributed by atoms with Gasteiger partial charge in [-0.3, -0.25) is 6.79 Å².